The van der Waals surface area contributed by atoms with Gasteiger partial charge in [0.2, 0.25) is 11.8 Å². The predicted molar refractivity (Wildman–Crippen MR) is 130 cm³/mol. The van der Waals surface area contributed by atoms with E-state index < -0.39 is 5.60 Å². The van der Waals surface area contributed by atoms with Crippen LogP contribution in [0.1, 0.15) is 24.2 Å². The lowest BCUT2D eigenvalue weighted by Crippen LogP contribution is -2.58. The van der Waals surface area contributed by atoms with Crippen molar-refractivity contribution in [2.45, 2.75) is 31.8 Å². The van der Waals surface area contributed by atoms with Crippen molar-refractivity contribution in [3.05, 3.63) is 40.6 Å². The molecule has 0 bridgehead atoms. The molecule has 0 radical (unpaired) electrons. The molecule has 3 heterocycles. The molecule has 2 aliphatic rings. The van der Waals surface area contributed by atoms with E-state index in [0.717, 1.165) is 5.56 Å². The van der Waals surface area contributed by atoms with Crippen molar-refractivity contribution in [1.29, 1.82) is 0 Å². The number of hydrogen-bond donors (Lipinski definition) is 0. The van der Waals surface area contributed by atoms with Gasteiger partial charge in [0, 0.05) is 43.6 Å². The molecule has 0 N–H and O–H groups in total. The van der Waals surface area contributed by atoms with Crippen LogP contribution in [0.25, 0.3) is 0 Å². The van der Waals surface area contributed by atoms with Crippen LogP contribution in [0.5, 0.6) is 11.6 Å². The van der Waals surface area contributed by atoms with E-state index in [1.54, 1.807) is 28.0 Å². The van der Waals surface area contributed by atoms with Crippen molar-refractivity contribution in [1.82, 2.24) is 15.0 Å². The number of amides is 2. The highest BCUT2D eigenvalue weighted by Crippen LogP contribution is 2.28. The lowest BCUT2D eigenvalue weighted by atomic mass is 9.96. The maximum atomic E-state index is 13.2. The summed E-state index contributed by atoms with van der Waals surface area (Å²) < 4.78 is 27.9. The Kier molecular flexibility index (Phi) is 8.71. The van der Waals surface area contributed by atoms with Crippen LogP contribution >= 0.6 is 11.6 Å². The average molecular weight is 522 g/mol. The summed E-state index contributed by atoms with van der Waals surface area (Å²) in [4.78, 5) is 29.8. The Hall–Kier alpha value is -2.82. The Bertz CT molecular complexity index is 1060. The van der Waals surface area contributed by atoms with Gasteiger partial charge in [-0.25, -0.2) is 0 Å². The van der Waals surface area contributed by atoms with E-state index in [4.69, 9.17) is 35.1 Å². The molecule has 1 aromatic carbocycles. The number of carbonyl (C=O) groups is 2. The predicted octanol–water partition coefficient (Wildman–Crippen LogP) is 2.50. The molecule has 2 amide bonds. The maximum absolute atomic E-state index is 13.2. The summed E-state index contributed by atoms with van der Waals surface area (Å²) in [5.41, 5.74) is -0.0928. The van der Waals surface area contributed by atoms with E-state index >= 15 is 0 Å². The number of hydrogen-bond acceptors (Lipinski definition) is 8. The Labute approximate surface area is 215 Å². The lowest BCUT2D eigenvalue weighted by Gasteiger charge is -2.43. The molecule has 2 saturated heterocycles. The minimum Gasteiger partial charge on any atom is -0.490 e. The van der Waals surface area contributed by atoms with Crippen molar-refractivity contribution in [2.75, 3.05) is 59.7 Å². The number of rotatable bonds is 9. The summed E-state index contributed by atoms with van der Waals surface area (Å²) in [6.45, 7) is 5.10. The summed E-state index contributed by atoms with van der Waals surface area (Å²) >= 11 is 6.15. The standard InChI is InChI=1S/C25H32ClN3O7/c1-18-13-19(3-5-21(18)26)34-17-25(15-24(31)28-7-10-33-11-8-28)16-29(9-12-35-25)23(30)6-4-20-14-22(32-2)27-36-20/h3,5,13-14H,4,6-12,15-17H2,1-2H3. The molecule has 36 heavy (non-hydrogen) atoms. The van der Waals surface area contributed by atoms with Gasteiger partial charge in [0.05, 0.1) is 39.9 Å². The summed E-state index contributed by atoms with van der Waals surface area (Å²) in [6.07, 6.45) is 0.735. The molecular formula is C25H32ClN3O7. The highest BCUT2D eigenvalue weighted by Gasteiger charge is 2.42. The molecule has 0 saturated carbocycles. The monoisotopic (exact) mass is 521 g/mol. The van der Waals surface area contributed by atoms with Gasteiger partial charge in [0.25, 0.3) is 5.88 Å². The van der Waals surface area contributed by atoms with Crippen LogP contribution in [0.2, 0.25) is 5.02 Å². The van der Waals surface area contributed by atoms with E-state index in [9.17, 15) is 9.59 Å². The van der Waals surface area contributed by atoms with Crippen LogP contribution in [0.4, 0.5) is 0 Å². The van der Waals surface area contributed by atoms with Crippen LogP contribution in [-0.4, -0.2) is 92.1 Å². The van der Waals surface area contributed by atoms with E-state index in [-0.39, 0.29) is 37.8 Å². The van der Waals surface area contributed by atoms with Gasteiger partial charge in [0.1, 0.15) is 23.7 Å². The number of ether oxygens (including phenoxy) is 4. The van der Waals surface area contributed by atoms with Crippen LogP contribution in [0, 0.1) is 6.92 Å². The molecule has 196 valence electrons. The number of aryl methyl sites for hydroxylation is 2. The first-order chi connectivity index (χ1) is 17.4. The van der Waals surface area contributed by atoms with Crippen LogP contribution < -0.4 is 9.47 Å². The van der Waals surface area contributed by atoms with Crippen molar-refractivity contribution >= 4 is 23.4 Å². The average Bonchev–Trinajstić information content (AvgIpc) is 3.37. The Balaban J connectivity index is 1.45. The van der Waals surface area contributed by atoms with Gasteiger partial charge in [-0.05, 0) is 35.8 Å². The lowest BCUT2D eigenvalue weighted by molar-refractivity contribution is -0.167. The van der Waals surface area contributed by atoms with E-state index in [1.807, 2.05) is 13.0 Å². The normalized spacial score (nSPS) is 20.3. The van der Waals surface area contributed by atoms with Crippen LogP contribution in [-0.2, 0) is 25.5 Å². The first-order valence-electron chi connectivity index (χ1n) is 12.0. The molecule has 1 unspecified atom stereocenters. The maximum Gasteiger partial charge on any atom is 0.254 e. The van der Waals surface area contributed by atoms with Gasteiger partial charge >= 0.3 is 0 Å². The Morgan fingerprint density at radius 3 is 2.61 bits per heavy atom. The van der Waals surface area contributed by atoms with Crippen molar-refractivity contribution in [3.8, 4) is 11.6 Å². The largest absolute Gasteiger partial charge is 0.490 e. The second-order valence-electron chi connectivity index (χ2n) is 9.05. The zero-order valence-corrected chi connectivity index (χ0v) is 21.4. The SMILES string of the molecule is COc1cc(CCC(=O)N2CCOC(COc3ccc(Cl)c(C)c3)(CC(=O)N3CCOCC3)C2)on1. The summed E-state index contributed by atoms with van der Waals surface area (Å²) in [7, 11) is 1.51. The number of carbonyl (C=O) groups excluding carboxylic acids is 2. The molecular weight excluding hydrogens is 490 g/mol. The van der Waals surface area contributed by atoms with Crippen LogP contribution in [0.15, 0.2) is 28.8 Å². The molecule has 2 aliphatic heterocycles. The molecule has 10 nitrogen and oxygen atoms in total. The Morgan fingerprint density at radius 2 is 1.89 bits per heavy atom. The zero-order chi connectivity index (χ0) is 25.5. The number of benzene rings is 1. The fourth-order valence-electron chi connectivity index (χ4n) is 4.32. The Morgan fingerprint density at radius 1 is 1.11 bits per heavy atom. The van der Waals surface area contributed by atoms with Crippen molar-refractivity contribution in [3.63, 3.8) is 0 Å². The summed E-state index contributed by atoms with van der Waals surface area (Å²) in [5, 5.41) is 4.42. The highest BCUT2D eigenvalue weighted by molar-refractivity contribution is 6.31. The number of methoxy groups -OCH3 is 1. The first kappa shape index (κ1) is 26.2. The fraction of sp³-hybridized carbons (Fsp3) is 0.560. The van der Waals surface area contributed by atoms with E-state index in [0.29, 0.717) is 68.3 Å². The highest BCUT2D eigenvalue weighted by atomic mass is 35.5. The van der Waals surface area contributed by atoms with Crippen molar-refractivity contribution < 1.29 is 33.1 Å². The molecule has 2 aromatic rings. The molecule has 0 aliphatic carbocycles. The van der Waals surface area contributed by atoms with Gasteiger partial charge in [0.15, 0.2) is 0 Å². The number of morpholine rings is 2. The molecule has 0 spiro atoms. The van der Waals surface area contributed by atoms with Gasteiger partial charge in [-0.1, -0.05) is 11.6 Å². The van der Waals surface area contributed by atoms with Gasteiger partial charge in [-0.15, -0.1) is 0 Å². The molecule has 1 atom stereocenters. The zero-order valence-electron chi connectivity index (χ0n) is 20.7. The summed E-state index contributed by atoms with van der Waals surface area (Å²) in [6, 6.07) is 7.06. The van der Waals surface area contributed by atoms with Gasteiger partial charge in [-0.2, -0.15) is 0 Å². The number of aromatic nitrogens is 1. The second kappa shape index (κ2) is 11.9. The van der Waals surface area contributed by atoms with Gasteiger partial charge < -0.3 is 33.3 Å². The second-order valence-corrected chi connectivity index (χ2v) is 9.46. The third kappa shape index (κ3) is 6.68. The topological polar surface area (TPSA) is 104 Å². The number of nitrogens with zero attached hydrogens (tertiary/aromatic N) is 3. The summed E-state index contributed by atoms with van der Waals surface area (Å²) in [5.74, 6) is 1.47. The fourth-order valence-corrected chi connectivity index (χ4v) is 4.44. The minimum atomic E-state index is -0.980. The first-order valence-corrected chi connectivity index (χ1v) is 12.4. The third-order valence-electron chi connectivity index (χ3n) is 6.40. The molecule has 11 heteroatoms. The molecule has 1 aromatic heterocycles. The third-order valence-corrected chi connectivity index (χ3v) is 6.83. The van der Waals surface area contributed by atoms with E-state index in [2.05, 4.69) is 5.16 Å². The van der Waals surface area contributed by atoms with Crippen molar-refractivity contribution in [2.24, 2.45) is 0 Å². The molecule has 4 rings (SSSR count). The van der Waals surface area contributed by atoms with Crippen LogP contribution in [0.3, 0.4) is 0 Å². The smallest absolute Gasteiger partial charge is 0.254 e. The molecule has 2 fully saturated rings. The number of halogens is 1. The quantitative estimate of drug-likeness (QED) is 0.496. The minimum absolute atomic E-state index is 0.0442. The van der Waals surface area contributed by atoms with E-state index in [1.165, 1.54) is 7.11 Å². The van der Waals surface area contributed by atoms with Gasteiger partial charge in [-0.3, -0.25) is 9.59 Å².